The Morgan fingerprint density at radius 1 is 1.35 bits per heavy atom. The maximum absolute atomic E-state index is 13.2. The maximum Gasteiger partial charge on any atom is 0.255 e. The van der Waals surface area contributed by atoms with Crippen molar-refractivity contribution in [3.63, 3.8) is 0 Å². The van der Waals surface area contributed by atoms with Crippen LogP contribution in [0.3, 0.4) is 0 Å². The molecule has 0 saturated carbocycles. The van der Waals surface area contributed by atoms with E-state index in [1.54, 1.807) is 6.07 Å². The summed E-state index contributed by atoms with van der Waals surface area (Å²) in [6.07, 6.45) is 0. The molecule has 0 spiro atoms. The topological polar surface area (TPSA) is 32.3 Å². The molecule has 0 unspecified atom stereocenters. The molecule has 1 amide bonds. The number of amides is 1. The van der Waals surface area contributed by atoms with Gasteiger partial charge in [0.1, 0.15) is 11.5 Å². The van der Waals surface area contributed by atoms with Crippen LogP contribution < -0.4 is 10.2 Å². The van der Waals surface area contributed by atoms with E-state index < -0.39 is 5.66 Å². The lowest BCUT2D eigenvalue weighted by Gasteiger charge is -2.47. The predicted octanol–water partition coefficient (Wildman–Crippen LogP) is 2.52. The third-order valence-electron chi connectivity index (χ3n) is 3.00. The van der Waals surface area contributed by atoms with Crippen LogP contribution in [0.1, 0.15) is 38.1 Å². The van der Waals surface area contributed by atoms with Crippen molar-refractivity contribution in [1.82, 2.24) is 5.32 Å². The number of rotatable bonds is 1. The number of hydrogen-bond donors (Lipinski definition) is 1. The summed E-state index contributed by atoms with van der Waals surface area (Å²) in [5.41, 5.74) is 0.726. The molecular formula is C13H17FN2O. The molecule has 1 N–H and O–H groups in total. The van der Waals surface area contributed by atoms with E-state index in [9.17, 15) is 9.18 Å². The van der Waals surface area contributed by atoms with Crippen LogP contribution in [0.5, 0.6) is 0 Å². The van der Waals surface area contributed by atoms with Gasteiger partial charge in [-0.2, -0.15) is 0 Å². The molecule has 2 rings (SSSR count). The molecule has 1 aromatic carbocycles. The highest BCUT2D eigenvalue weighted by molar-refractivity contribution is 6.02. The number of benzene rings is 1. The molecule has 4 heteroatoms. The fourth-order valence-corrected chi connectivity index (χ4v) is 2.53. The molecule has 1 aliphatic heterocycles. The van der Waals surface area contributed by atoms with E-state index in [1.807, 2.05) is 27.7 Å². The first-order chi connectivity index (χ1) is 7.83. The van der Waals surface area contributed by atoms with Crippen LogP contribution in [0.15, 0.2) is 18.2 Å². The zero-order chi connectivity index (χ0) is 12.8. The van der Waals surface area contributed by atoms with E-state index in [4.69, 9.17) is 0 Å². The summed E-state index contributed by atoms with van der Waals surface area (Å²) in [5, 5.41) is 2.89. The summed E-state index contributed by atoms with van der Waals surface area (Å²) in [4.78, 5) is 14.0. The van der Waals surface area contributed by atoms with Gasteiger partial charge in [0.05, 0.1) is 11.3 Å². The summed E-state index contributed by atoms with van der Waals surface area (Å²) < 4.78 is 13.2. The van der Waals surface area contributed by atoms with Gasteiger partial charge in [0.15, 0.2) is 0 Å². The molecule has 1 aliphatic rings. The zero-order valence-corrected chi connectivity index (χ0v) is 10.5. The highest BCUT2D eigenvalue weighted by Gasteiger charge is 2.37. The average Bonchev–Trinajstić information content (AvgIpc) is 2.17. The first kappa shape index (κ1) is 11.9. The minimum atomic E-state index is -0.462. The van der Waals surface area contributed by atoms with Gasteiger partial charge in [-0.1, -0.05) is 0 Å². The van der Waals surface area contributed by atoms with E-state index >= 15 is 0 Å². The van der Waals surface area contributed by atoms with Gasteiger partial charge in [-0.05, 0) is 45.9 Å². The molecule has 17 heavy (non-hydrogen) atoms. The van der Waals surface area contributed by atoms with E-state index in [0.29, 0.717) is 5.56 Å². The molecule has 0 bridgehead atoms. The number of hydrogen-bond acceptors (Lipinski definition) is 2. The van der Waals surface area contributed by atoms with Crippen LogP contribution >= 0.6 is 0 Å². The Kier molecular flexibility index (Phi) is 2.60. The van der Waals surface area contributed by atoms with Crippen molar-refractivity contribution < 1.29 is 9.18 Å². The first-order valence-corrected chi connectivity index (χ1v) is 5.74. The summed E-state index contributed by atoms with van der Waals surface area (Å²) in [6, 6.07) is 4.57. The van der Waals surface area contributed by atoms with Crippen molar-refractivity contribution in [3.05, 3.63) is 29.6 Å². The van der Waals surface area contributed by atoms with E-state index in [-0.39, 0.29) is 17.8 Å². The minimum Gasteiger partial charge on any atom is -0.346 e. The van der Waals surface area contributed by atoms with Crippen LogP contribution in [0.2, 0.25) is 0 Å². The number of carbonyl (C=O) groups excluding carboxylic acids is 1. The lowest BCUT2D eigenvalue weighted by atomic mass is 9.99. The van der Waals surface area contributed by atoms with E-state index in [2.05, 4.69) is 10.2 Å². The fraction of sp³-hybridized carbons (Fsp3) is 0.462. The molecule has 1 aromatic rings. The van der Waals surface area contributed by atoms with Crippen LogP contribution in [-0.4, -0.2) is 17.6 Å². The third kappa shape index (κ3) is 1.88. The quantitative estimate of drug-likeness (QED) is 0.812. The van der Waals surface area contributed by atoms with Crippen molar-refractivity contribution in [1.29, 1.82) is 0 Å². The van der Waals surface area contributed by atoms with Crippen LogP contribution in [-0.2, 0) is 0 Å². The van der Waals surface area contributed by atoms with Crippen LogP contribution in [0.25, 0.3) is 0 Å². The molecular weight excluding hydrogens is 219 g/mol. The Morgan fingerprint density at radius 3 is 2.59 bits per heavy atom. The molecule has 0 radical (unpaired) electrons. The summed E-state index contributed by atoms with van der Waals surface area (Å²) in [7, 11) is 0. The Hall–Kier alpha value is -1.58. The summed E-state index contributed by atoms with van der Waals surface area (Å²) in [5.74, 6) is -0.608. The maximum atomic E-state index is 13.2. The highest BCUT2D eigenvalue weighted by atomic mass is 19.1. The lowest BCUT2D eigenvalue weighted by molar-refractivity contribution is 0.0894. The zero-order valence-electron chi connectivity index (χ0n) is 10.5. The number of halogens is 1. The lowest BCUT2D eigenvalue weighted by Crippen LogP contribution is -2.62. The van der Waals surface area contributed by atoms with Gasteiger partial charge in [0, 0.05) is 6.04 Å². The van der Waals surface area contributed by atoms with Crippen molar-refractivity contribution in [2.75, 3.05) is 4.90 Å². The monoisotopic (exact) mass is 236 g/mol. The van der Waals surface area contributed by atoms with E-state index in [0.717, 1.165) is 5.69 Å². The number of carbonyl (C=O) groups is 1. The second-order valence-corrected chi connectivity index (χ2v) is 5.14. The van der Waals surface area contributed by atoms with Gasteiger partial charge in [-0.15, -0.1) is 0 Å². The first-order valence-electron chi connectivity index (χ1n) is 5.74. The Balaban J connectivity index is 2.61. The number of nitrogens with zero attached hydrogens (tertiary/aromatic N) is 1. The van der Waals surface area contributed by atoms with Gasteiger partial charge in [-0.3, -0.25) is 4.79 Å². The molecule has 0 aromatic heterocycles. The molecule has 0 fully saturated rings. The van der Waals surface area contributed by atoms with Crippen molar-refractivity contribution in [3.8, 4) is 0 Å². The number of fused-ring (bicyclic) bond motifs is 1. The number of nitrogens with one attached hydrogen (secondary N) is 1. The third-order valence-corrected chi connectivity index (χ3v) is 3.00. The standard InChI is InChI=1S/C13H17FN2O/c1-8(2)16-11-6-5-9(14)7-10(11)12(17)15-13(16,3)4/h5-8H,1-4H3,(H,15,17). The van der Waals surface area contributed by atoms with Crippen LogP contribution in [0, 0.1) is 5.82 Å². The molecule has 1 heterocycles. The van der Waals surface area contributed by atoms with Crippen LogP contribution in [0.4, 0.5) is 10.1 Å². The van der Waals surface area contributed by atoms with Crippen molar-refractivity contribution in [2.24, 2.45) is 0 Å². The van der Waals surface area contributed by atoms with Gasteiger partial charge >= 0.3 is 0 Å². The van der Waals surface area contributed by atoms with Crippen molar-refractivity contribution in [2.45, 2.75) is 39.4 Å². The fourth-order valence-electron chi connectivity index (χ4n) is 2.53. The highest BCUT2D eigenvalue weighted by Crippen LogP contribution is 2.33. The smallest absolute Gasteiger partial charge is 0.255 e. The Morgan fingerprint density at radius 2 is 2.00 bits per heavy atom. The summed E-state index contributed by atoms with van der Waals surface area (Å²) >= 11 is 0. The molecule has 3 nitrogen and oxygen atoms in total. The van der Waals surface area contributed by atoms with Gasteiger partial charge in [-0.25, -0.2) is 4.39 Å². The normalized spacial score (nSPS) is 18.0. The molecule has 92 valence electrons. The largest absolute Gasteiger partial charge is 0.346 e. The Bertz CT molecular complexity index is 468. The van der Waals surface area contributed by atoms with Gasteiger partial charge in [0.2, 0.25) is 0 Å². The second kappa shape index (κ2) is 3.72. The average molecular weight is 236 g/mol. The number of anilines is 1. The molecule has 0 atom stereocenters. The van der Waals surface area contributed by atoms with Crippen molar-refractivity contribution >= 4 is 11.6 Å². The van der Waals surface area contributed by atoms with Gasteiger partial charge in [0.25, 0.3) is 5.91 Å². The van der Waals surface area contributed by atoms with Gasteiger partial charge < -0.3 is 10.2 Å². The molecule has 0 saturated heterocycles. The Labute approximate surface area is 101 Å². The predicted molar refractivity (Wildman–Crippen MR) is 65.6 cm³/mol. The molecule has 0 aliphatic carbocycles. The summed E-state index contributed by atoms with van der Waals surface area (Å²) in [6.45, 7) is 7.98. The van der Waals surface area contributed by atoms with E-state index in [1.165, 1.54) is 12.1 Å². The minimum absolute atomic E-state index is 0.217. The second-order valence-electron chi connectivity index (χ2n) is 5.14. The SMILES string of the molecule is CC(C)N1c2ccc(F)cc2C(=O)NC1(C)C.